The van der Waals surface area contributed by atoms with E-state index in [1.807, 2.05) is 0 Å². The van der Waals surface area contributed by atoms with Gasteiger partial charge in [-0.2, -0.15) is 0 Å². The third-order valence-corrected chi connectivity index (χ3v) is 6.95. The van der Waals surface area contributed by atoms with Crippen molar-refractivity contribution in [2.45, 2.75) is 59.3 Å². The van der Waals surface area contributed by atoms with Crippen LogP contribution in [0.25, 0.3) is 11.1 Å². The molecule has 0 nitrogen and oxygen atoms in total. The molecule has 1 aliphatic carbocycles. The van der Waals surface area contributed by atoms with Crippen molar-refractivity contribution in [3.8, 4) is 11.1 Å². The summed E-state index contributed by atoms with van der Waals surface area (Å²) in [5, 5.41) is 0. The van der Waals surface area contributed by atoms with Gasteiger partial charge in [-0.15, -0.1) is 0 Å². The van der Waals surface area contributed by atoms with Crippen LogP contribution in [0.3, 0.4) is 0 Å². The lowest BCUT2D eigenvalue weighted by atomic mass is 9.59. The first-order chi connectivity index (χ1) is 10.1. The smallest absolute Gasteiger partial charge is 0.00410 e. The van der Waals surface area contributed by atoms with E-state index >= 15 is 0 Å². The molecule has 0 N–H and O–H groups in total. The molecule has 0 unspecified atom stereocenters. The Balaban J connectivity index is 2.24. The van der Waals surface area contributed by atoms with Crippen LogP contribution in [0, 0.1) is 12.3 Å². The first-order valence-corrected chi connectivity index (χ1v) is 8.32. The highest BCUT2D eigenvalue weighted by atomic mass is 14.6. The minimum Gasteiger partial charge on any atom is -0.0620 e. The summed E-state index contributed by atoms with van der Waals surface area (Å²) in [6.07, 6.45) is 0. The summed E-state index contributed by atoms with van der Waals surface area (Å²) in [6.45, 7) is 16.6. The number of rotatable bonds is 1. The minimum atomic E-state index is 0.171. The summed E-state index contributed by atoms with van der Waals surface area (Å²) in [6, 6.07) is 15.8. The van der Waals surface area contributed by atoms with E-state index in [1.54, 1.807) is 0 Å². The van der Waals surface area contributed by atoms with Crippen molar-refractivity contribution >= 4 is 0 Å². The average molecular weight is 292 g/mol. The number of hydrogen-bond donors (Lipinski definition) is 0. The van der Waals surface area contributed by atoms with E-state index in [-0.39, 0.29) is 16.2 Å². The van der Waals surface area contributed by atoms with Crippen LogP contribution >= 0.6 is 0 Å². The summed E-state index contributed by atoms with van der Waals surface area (Å²) in [7, 11) is 0. The predicted octanol–water partition coefficient (Wildman–Crippen LogP) is 6.26. The van der Waals surface area contributed by atoms with Gasteiger partial charge in [0.25, 0.3) is 0 Å². The summed E-state index contributed by atoms with van der Waals surface area (Å²) >= 11 is 0. The van der Waals surface area contributed by atoms with Crippen molar-refractivity contribution in [1.29, 1.82) is 0 Å². The van der Waals surface area contributed by atoms with Crippen LogP contribution in [0.15, 0.2) is 42.5 Å². The third-order valence-electron chi connectivity index (χ3n) is 6.95. The van der Waals surface area contributed by atoms with Gasteiger partial charge in [0, 0.05) is 0 Å². The SMILES string of the molecule is Cc1ccccc1-c1ccc2c(c1)C(C)(C)C(C)(C)C2(C)C. The van der Waals surface area contributed by atoms with Gasteiger partial charge in [-0.25, -0.2) is 0 Å². The Labute approximate surface area is 135 Å². The van der Waals surface area contributed by atoms with Crippen molar-refractivity contribution in [3.05, 3.63) is 59.2 Å². The molecule has 0 heterocycles. The Bertz CT molecular complexity index is 729. The van der Waals surface area contributed by atoms with Gasteiger partial charge in [-0.05, 0) is 51.0 Å². The maximum Gasteiger partial charge on any atom is -0.00410 e. The van der Waals surface area contributed by atoms with Crippen molar-refractivity contribution in [3.63, 3.8) is 0 Å². The largest absolute Gasteiger partial charge is 0.0620 e. The molecule has 0 aromatic heterocycles. The second-order valence-corrected chi connectivity index (χ2v) is 8.45. The molecule has 1 aliphatic rings. The molecule has 0 saturated heterocycles. The maximum atomic E-state index is 2.44. The lowest BCUT2D eigenvalue weighted by molar-refractivity contribution is 0.125. The molecule has 0 amide bonds. The monoisotopic (exact) mass is 292 g/mol. The van der Waals surface area contributed by atoms with Crippen LogP contribution in [0.1, 0.15) is 58.2 Å². The van der Waals surface area contributed by atoms with E-state index < -0.39 is 0 Å². The van der Waals surface area contributed by atoms with E-state index in [0.717, 1.165) is 0 Å². The molecule has 0 aliphatic heterocycles. The fraction of sp³-hybridized carbons (Fsp3) is 0.455. The summed E-state index contributed by atoms with van der Waals surface area (Å²) < 4.78 is 0. The zero-order valence-corrected chi connectivity index (χ0v) is 15.0. The Kier molecular flexibility index (Phi) is 3.12. The standard InChI is InChI=1S/C22H28/c1-15-10-8-9-11-17(15)16-12-13-18-19(14-16)21(4,5)22(6,7)20(18,2)3/h8-14H,1-7H3. The van der Waals surface area contributed by atoms with Gasteiger partial charge in [0.1, 0.15) is 0 Å². The second kappa shape index (κ2) is 4.47. The van der Waals surface area contributed by atoms with Crippen molar-refractivity contribution in [2.24, 2.45) is 5.41 Å². The quantitative estimate of drug-likeness (QED) is 0.582. The Hall–Kier alpha value is -1.56. The number of benzene rings is 2. The predicted molar refractivity (Wildman–Crippen MR) is 96.4 cm³/mol. The molecular formula is C22H28. The molecule has 2 aromatic rings. The summed E-state index contributed by atoms with van der Waals surface area (Å²) in [4.78, 5) is 0. The molecule has 0 radical (unpaired) electrons. The van der Waals surface area contributed by atoms with Crippen LogP contribution in [-0.2, 0) is 10.8 Å². The molecule has 0 fully saturated rings. The van der Waals surface area contributed by atoms with E-state index in [9.17, 15) is 0 Å². The van der Waals surface area contributed by atoms with E-state index in [1.165, 1.54) is 27.8 Å². The average Bonchev–Trinajstić information content (AvgIpc) is 2.56. The number of aryl methyl sites for hydroxylation is 1. The summed E-state index contributed by atoms with van der Waals surface area (Å²) in [5.74, 6) is 0. The van der Waals surface area contributed by atoms with Crippen LogP contribution in [0.2, 0.25) is 0 Å². The lowest BCUT2D eigenvalue weighted by Crippen LogP contribution is -2.42. The zero-order valence-electron chi connectivity index (χ0n) is 15.0. The summed E-state index contributed by atoms with van der Waals surface area (Å²) in [5.41, 5.74) is 7.66. The fourth-order valence-electron chi connectivity index (χ4n) is 4.13. The topological polar surface area (TPSA) is 0 Å². The molecule has 22 heavy (non-hydrogen) atoms. The van der Waals surface area contributed by atoms with Crippen LogP contribution in [-0.4, -0.2) is 0 Å². The third kappa shape index (κ3) is 1.76. The van der Waals surface area contributed by atoms with Gasteiger partial charge in [0.2, 0.25) is 0 Å². The van der Waals surface area contributed by atoms with Gasteiger partial charge in [-0.3, -0.25) is 0 Å². The normalized spacial score (nSPS) is 20.7. The lowest BCUT2D eigenvalue weighted by Gasteiger charge is -2.44. The maximum absolute atomic E-state index is 2.44. The molecule has 0 heteroatoms. The van der Waals surface area contributed by atoms with Gasteiger partial charge in [-0.1, -0.05) is 84.0 Å². The molecule has 2 aromatic carbocycles. The molecule has 3 rings (SSSR count). The van der Waals surface area contributed by atoms with Crippen LogP contribution < -0.4 is 0 Å². The molecule has 116 valence electrons. The number of fused-ring (bicyclic) bond motifs is 1. The van der Waals surface area contributed by atoms with Crippen molar-refractivity contribution < 1.29 is 0 Å². The molecule has 0 bridgehead atoms. The van der Waals surface area contributed by atoms with Gasteiger partial charge in [0.05, 0.1) is 0 Å². The van der Waals surface area contributed by atoms with Crippen LogP contribution in [0.4, 0.5) is 0 Å². The highest BCUT2D eigenvalue weighted by Crippen LogP contribution is 2.61. The highest BCUT2D eigenvalue weighted by molar-refractivity contribution is 5.70. The van der Waals surface area contributed by atoms with E-state index in [4.69, 9.17) is 0 Å². The zero-order chi connectivity index (χ0) is 16.3. The minimum absolute atomic E-state index is 0.171. The molecule has 0 atom stereocenters. The first-order valence-electron chi connectivity index (χ1n) is 8.32. The van der Waals surface area contributed by atoms with Crippen molar-refractivity contribution in [2.75, 3.05) is 0 Å². The van der Waals surface area contributed by atoms with Gasteiger partial charge < -0.3 is 0 Å². The molecular weight excluding hydrogens is 264 g/mol. The van der Waals surface area contributed by atoms with Gasteiger partial charge in [0.15, 0.2) is 0 Å². The van der Waals surface area contributed by atoms with Crippen molar-refractivity contribution in [1.82, 2.24) is 0 Å². The Morgan fingerprint density at radius 3 is 1.91 bits per heavy atom. The Morgan fingerprint density at radius 1 is 0.682 bits per heavy atom. The van der Waals surface area contributed by atoms with Gasteiger partial charge >= 0.3 is 0 Å². The fourth-order valence-corrected chi connectivity index (χ4v) is 4.13. The van der Waals surface area contributed by atoms with E-state index in [0.29, 0.717) is 0 Å². The van der Waals surface area contributed by atoms with Crippen LogP contribution in [0.5, 0.6) is 0 Å². The van der Waals surface area contributed by atoms with E-state index in [2.05, 4.69) is 90.9 Å². The Morgan fingerprint density at radius 2 is 1.27 bits per heavy atom. The molecule has 0 saturated carbocycles. The highest BCUT2D eigenvalue weighted by Gasteiger charge is 2.56. The number of hydrogen-bond acceptors (Lipinski definition) is 0. The second-order valence-electron chi connectivity index (χ2n) is 8.45. The first kappa shape index (κ1) is 15.3. The molecule has 0 spiro atoms.